The maximum absolute atomic E-state index is 12.7. The fourth-order valence-electron chi connectivity index (χ4n) is 1.41. The average molecular weight is 216 g/mol. The number of alkyl halides is 2. The van der Waals surface area contributed by atoms with Gasteiger partial charge < -0.3 is 20.1 Å². The average Bonchev–Trinajstić information content (AvgIpc) is 2.48. The van der Waals surface area contributed by atoms with E-state index in [1.165, 1.54) is 12.1 Å². The standard InChI is InChI=1S/C9H10F2N2O2/c1-12-5-3-7-8(4-6(5)13-2)15-9(10,11)14-7/h3-4,12-13H,1-2H3. The largest absolute Gasteiger partial charge is 0.586 e. The van der Waals surface area contributed by atoms with Crippen LogP contribution >= 0.6 is 0 Å². The van der Waals surface area contributed by atoms with E-state index in [-0.39, 0.29) is 11.5 Å². The molecule has 2 rings (SSSR count). The predicted molar refractivity (Wildman–Crippen MR) is 51.7 cm³/mol. The van der Waals surface area contributed by atoms with E-state index in [1.807, 2.05) is 0 Å². The van der Waals surface area contributed by atoms with E-state index >= 15 is 0 Å². The Morgan fingerprint density at radius 3 is 1.73 bits per heavy atom. The molecular weight excluding hydrogens is 206 g/mol. The molecule has 0 atom stereocenters. The molecule has 2 N–H and O–H groups in total. The van der Waals surface area contributed by atoms with Crippen LogP contribution in [0.1, 0.15) is 0 Å². The zero-order valence-corrected chi connectivity index (χ0v) is 8.23. The predicted octanol–water partition coefficient (Wildman–Crippen LogP) is 2.09. The van der Waals surface area contributed by atoms with Gasteiger partial charge in [0.2, 0.25) is 0 Å². The van der Waals surface area contributed by atoms with Gasteiger partial charge in [0.15, 0.2) is 11.5 Å². The second-order valence-corrected chi connectivity index (χ2v) is 3.01. The molecule has 1 aromatic rings. The summed E-state index contributed by atoms with van der Waals surface area (Å²) in [6.07, 6.45) is -3.57. The van der Waals surface area contributed by atoms with E-state index in [4.69, 9.17) is 0 Å². The van der Waals surface area contributed by atoms with Gasteiger partial charge in [0.05, 0.1) is 11.4 Å². The highest BCUT2D eigenvalue weighted by Gasteiger charge is 2.43. The Morgan fingerprint density at radius 1 is 1.00 bits per heavy atom. The molecule has 0 aromatic heterocycles. The second-order valence-electron chi connectivity index (χ2n) is 3.01. The van der Waals surface area contributed by atoms with Crippen LogP contribution in [0, 0.1) is 0 Å². The van der Waals surface area contributed by atoms with Crippen LogP contribution in [0.25, 0.3) is 0 Å². The highest BCUT2D eigenvalue weighted by Crippen LogP contribution is 2.45. The molecule has 0 unspecified atom stereocenters. The first kappa shape index (κ1) is 9.82. The summed E-state index contributed by atoms with van der Waals surface area (Å²) in [6.45, 7) is 0. The number of fused-ring (bicyclic) bond motifs is 1. The number of benzene rings is 1. The van der Waals surface area contributed by atoms with Gasteiger partial charge in [0.1, 0.15) is 0 Å². The molecule has 1 aliphatic rings. The van der Waals surface area contributed by atoms with Crippen LogP contribution < -0.4 is 20.1 Å². The van der Waals surface area contributed by atoms with Gasteiger partial charge in [0, 0.05) is 26.2 Å². The molecule has 1 aliphatic heterocycles. The van der Waals surface area contributed by atoms with Crippen LogP contribution in [-0.2, 0) is 0 Å². The lowest BCUT2D eigenvalue weighted by Crippen LogP contribution is -2.25. The smallest absolute Gasteiger partial charge is 0.395 e. The second kappa shape index (κ2) is 3.15. The lowest BCUT2D eigenvalue weighted by molar-refractivity contribution is -0.286. The zero-order valence-electron chi connectivity index (χ0n) is 8.23. The van der Waals surface area contributed by atoms with E-state index in [9.17, 15) is 8.78 Å². The molecule has 0 bridgehead atoms. The van der Waals surface area contributed by atoms with Gasteiger partial charge in [-0.3, -0.25) is 0 Å². The van der Waals surface area contributed by atoms with Crippen molar-refractivity contribution in [3.05, 3.63) is 12.1 Å². The van der Waals surface area contributed by atoms with Crippen molar-refractivity contribution >= 4 is 11.4 Å². The number of hydrogen-bond donors (Lipinski definition) is 2. The molecule has 82 valence electrons. The monoisotopic (exact) mass is 216 g/mol. The van der Waals surface area contributed by atoms with E-state index < -0.39 is 6.29 Å². The lowest BCUT2D eigenvalue weighted by atomic mass is 10.2. The molecule has 1 aromatic carbocycles. The molecule has 0 radical (unpaired) electrons. The van der Waals surface area contributed by atoms with E-state index in [2.05, 4.69) is 20.1 Å². The Morgan fingerprint density at radius 2 is 1.40 bits per heavy atom. The van der Waals surface area contributed by atoms with E-state index in [1.54, 1.807) is 14.1 Å². The minimum Gasteiger partial charge on any atom is -0.395 e. The Labute approximate surface area is 85.2 Å². The van der Waals surface area contributed by atoms with Crippen molar-refractivity contribution in [2.45, 2.75) is 6.29 Å². The SMILES string of the molecule is CNc1cc2c(cc1NC)OC(F)(F)O2. The van der Waals surface area contributed by atoms with Crippen molar-refractivity contribution in [1.29, 1.82) is 0 Å². The fraction of sp³-hybridized carbons (Fsp3) is 0.333. The van der Waals surface area contributed by atoms with E-state index in [0.717, 1.165) is 0 Å². The Bertz CT molecular complexity index is 361. The van der Waals surface area contributed by atoms with Gasteiger partial charge in [-0.25, -0.2) is 0 Å². The molecular formula is C9H10F2N2O2. The minimum atomic E-state index is -3.57. The third-order valence-corrected chi connectivity index (χ3v) is 2.08. The molecule has 1 heterocycles. The summed E-state index contributed by atoms with van der Waals surface area (Å²) in [7, 11) is 3.38. The van der Waals surface area contributed by atoms with Crippen LogP contribution in [0.15, 0.2) is 12.1 Å². The Kier molecular flexibility index (Phi) is 2.06. The third-order valence-electron chi connectivity index (χ3n) is 2.08. The van der Waals surface area contributed by atoms with Crippen molar-refractivity contribution in [1.82, 2.24) is 0 Å². The van der Waals surface area contributed by atoms with Crippen molar-refractivity contribution in [3.8, 4) is 11.5 Å². The first-order valence-electron chi connectivity index (χ1n) is 4.35. The molecule has 0 saturated heterocycles. The van der Waals surface area contributed by atoms with Crippen LogP contribution in [0.3, 0.4) is 0 Å². The first-order valence-corrected chi connectivity index (χ1v) is 4.35. The minimum absolute atomic E-state index is 0.0309. The molecule has 6 heteroatoms. The first-order chi connectivity index (χ1) is 7.05. The maximum Gasteiger partial charge on any atom is 0.586 e. The summed E-state index contributed by atoms with van der Waals surface area (Å²) < 4.78 is 34.1. The summed E-state index contributed by atoms with van der Waals surface area (Å²) >= 11 is 0. The quantitative estimate of drug-likeness (QED) is 0.794. The number of hydrogen-bond acceptors (Lipinski definition) is 4. The van der Waals surface area contributed by atoms with Gasteiger partial charge in [-0.15, -0.1) is 8.78 Å². The van der Waals surface area contributed by atoms with Crippen LogP contribution in [0.2, 0.25) is 0 Å². The molecule has 0 amide bonds. The fourth-order valence-corrected chi connectivity index (χ4v) is 1.41. The van der Waals surface area contributed by atoms with Crippen LogP contribution in [0.4, 0.5) is 20.2 Å². The highest BCUT2D eigenvalue weighted by molar-refractivity contribution is 5.74. The molecule has 0 fully saturated rings. The van der Waals surface area contributed by atoms with E-state index in [0.29, 0.717) is 11.4 Å². The van der Waals surface area contributed by atoms with Crippen molar-refractivity contribution in [3.63, 3.8) is 0 Å². The molecule has 0 aliphatic carbocycles. The van der Waals surface area contributed by atoms with Crippen molar-refractivity contribution in [2.24, 2.45) is 0 Å². The summed E-state index contributed by atoms with van der Waals surface area (Å²) in [5, 5.41) is 5.72. The van der Waals surface area contributed by atoms with Gasteiger partial charge >= 0.3 is 6.29 Å². The van der Waals surface area contributed by atoms with Gasteiger partial charge in [-0.05, 0) is 0 Å². The number of halogens is 2. The summed E-state index contributed by atoms with van der Waals surface area (Å²) in [4.78, 5) is 0. The Hall–Kier alpha value is -1.72. The Balaban J connectivity index is 2.44. The van der Waals surface area contributed by atoms with Gasteiger partial charge in [-0.1, -0.05) is 0 Å². The van der Waals surface area contributed by atoms with Gasteiger partial charge in [-0.2, -0.15) is 0 Å². The maximum atomic E-state index is 12.7. The molecule has 0 saturated carbocycles. The topological polar surface area (TPSA) is 42.5 Å². The molecule has 4 nitrogen and oxygen atoms in total. The summed E-state index contributed by atoms with van der Waals surface area (Å²) in [5.41, 5.74) is 1.33. The normalized spacial score (nSPS) is 16.3. The lowest BCUT2D eigenvalue weighted by Gasteiger charge is -2.08. The number of rotatable bonds is 2. The number of nitrogens with one attached hydrogen (secondary N) is 2. The third kappa shape index (κ3) is 1.62. The summed E-state index contributed by atoms with van der Waals surface area (Å²) in [5.74, 6) is 0.0618. The summed E-state index contributed by atoms with van der Waals surface area (Å²) in [6, 6.07) is 2.92. The van der Waals surface area contributed by atoms with Crippen molar-refractivity contribution < 1.29 is 18.3 Å². The molecule has 15 heavy (non-hydrogen) atoms. The number of ether oxygens (including phenoxy) is 2. The van der Waals surface area contributed by atoms with Gasteiger partial charge in [0.25, 0.3) is 0 Å². The zero-order chi connectivity index (χ0) is 11.1. The highest BCUT2D eigenvalue weighted by atomic mass is 19.3. The van der Waals surface area contributed by atoms with Crippen LogP contribution in [-0.4, -0.2) is 20.4 Å². The van der Waals surface area contributed by atoms with Crippen molar-refractivity contribution in [2.75, 3.05) is 24.7 Å². The number of anilines is 2. The molecule has 0 spiro atoms. The van der Waals surface area contributed by atoms with Crippen LogP contribution in [0.5, 0.6) is 11.5 Å².